The number of aliphatic hydroxyl groups excluding tert-OH is 2. The van der Waals surface area contributed by atoms with Crippen LogP contribution in [0.1, 0.15) is 33.4 Å². The number of halogens is 1. The average molecular weight is 780 g/mol. The van der Waals surface area contributed by atoms with E-state index in [2.05, 4.69) is 15.9 Å². The van der Waals surface area contributed by atoms with Crippen LogP contribution in [0.2, 0.25) is 0 Å². The van der Waals surface area contributed by atoms with Crippen LogP contribution < -0.4 is 9.47 Å². The van der Waals surface area contributed by atoms with Gasteiger partial charge in [0.1, 0.15) is 18.0 Å². The lowest BCUT2D eigenvalue weighted by Crippen LogP contribution is -2.51. The minimum Gasteiger partial charge on any atom is -0.492 e. The fourth-order valence-corrected chi connectivity index (χ4v) is 7.17. The molecule has 5 aromatic carbocycles. The molecule has 0 saturated heterocycles. The first kappa shape index (κ1) is 37.8. The molecule has 2 N–H and O–H groups in total. The number of aliphatic hydroxyl groups is 2. The molecule has 9 heteroatoms. The Kier molecular flexibility index (Phi) is 13.0. The zero-order chi connectivity index (χ0) is 37.0. The Morgan fingerprint density at radius 2 is 1.04 bits per heavy atom. The molecule has 1 aliphatic rings. The number of methoxy groups -OCH3 is 2. The molecule has 0 radical (unpaired) electrons. The Morgan fingerprint density at radius 3 is 1.47 bits per heavy atom. The molecule has 0 heterocycles. The molecule has 0 aromatic heterocycles. The van der Waals surface area contributed by atoms with Gasteiger partial charge in [-0.05, 0) is 39.5 Å². The number of ether oxygens (including phenoxy) is 6. The van der Waals surface area contributed by atoms with Crippen LogP contribution in [0.3, 0.4) is 0 Å². The molecule has 53 heavy (non-hydrogen) atoms. The second-order valence-corrected chi connectivity index (χ2v) is 13.3. The molecule has 0 spiro atoms. The smallest absolute Gasteiger partial charge is 0.249 e. The molecule has 274 valence electrons. The van der Waals surface area contributed by atoms with E-state index < -0.39 is 17.2 Å². The van der Waals surface area contributed by atoms with Crippen LogP contribution in [-0.4, -0.2) is 41.7 Å². The van der Waals surface area contributed by atoms with Gasteiger partial charge in [-0.25, -0.2) is 0 Å². The first-order valence-electron chi connectivity index (χ1n) is 17.3. The maximum absolute atomic E-state index is 11.3. The van der Waals surface area contributed by atoms with Crippen molar-refractivity contribution in [3.63, 3.8) is 0 Å². The van der Waals surface area contributed by atoms with Gasteiger partial charge in [0, 0.05) is 11.1 Å². The summed E-state index contributed by atoms with van der Waals surface area (Å²) in [6.07, 6.45) is 0. The Labute approximate surface area is 319 Å². The highest BCUT2D eigenvalue weighted by Crippen LogP contribution is 2.52. The zero-order valence-corrected chi connectivity index (χ0v) is 31.3. The fraction of sp³-hybridized carbons (Fsp3) is 0.227. The third-order valence-corrected chi connectivity index (χ3v) is 10.1. The van der Waals surface area contributed by atoms with Gasteiger partial charge in [0.15, 0.2) is 17.3 Å². The highest BCUT2D eigenvalue weighted by Gasteiger charge is 2.54. The molecule has 1 aliphatic carbocycles. The summed E-state index contributed by atoms with van der Waals surface area (Å²) in [6.45, 7) is -0.0381. The van der Waals surface area contributed by atoms with E-state index in [0.29, 0.717) is 33.8 Å². The highest BCUT2D eigenvalue weighted by molar-refractivity contribution is 9.09. The highest BCUT2D eigenvalue weighted by atomic mass is 79.9. The summed E-state index contributed by atoms with van der Waals surface area (Å²) in [4.78, 5) is -0.822. The van der Waals surface area contributed by atoms with Crippen LogP contribution in [0.4, 0.5) is 0 Å². The third kappa shape index (κ3) is 8.51. The Bertz CT molecular complexity index is 1940. The largest absolute Gasteiger partial charge is 0.492 e. The number of hydrogen-bond donors (Lipinski definition) is 2. The summed E-state index contributed by atoms with van der Waals surface area (Å²) in [7, 11) is 3.08. The van der Waals surface area contributed by atoms with Gasteiger partial charge < -0.3 is 38.6 Å². The molecule has 0 amide bonds. The maximum atomic E-state index is 11.3. The van der Waals surface area contributed by atoms with E-state index in [-0.39, 0.29) is 44.6 Å². The van der Waals surface area contributed by atoms with Crippen molar-refractivity contribution in [3.8, 4) is 11.5 Å². The van der Waals surface area contributed by atoms with Crippen molar-refractivity contribution in [2.45, 2.75) is 43.6 Å². The molecule has 1 unspecified atom stereocenters. The number of rotatable bonds is 17. The normalized spacial score (nSPS) is 15.3. The van der Waals surface area contributed by atoms with Crippen LogP contribution in [0, 0.1) is 0 Å². The Balaban J connectivity index is 1.55. The second-order valence-electron chi connectivity index (χ2n) is 12.3. The lowest BCUT2D eigenvalue weighted by molar-refractivity contribution is -0.244. The van der Waals surface area contributed by atoms with E-state index in [4.69, 9.17) is 28.4 Å². The van der Waals surface area contributed by atoms with Gasteiger partial charge in [0.25, 0.3) is 0 Å². The van der Waals surface area contributed by atoms with Gasteiger partial charge in [0.05, 0.1) is 40.6 Å². The fourth-order valence-electron chi connectivity index (χ4n) is 6.32. The summed E-state index contributed by atoms with van der Waals surface area (Å²) < 4.78 is 39.2. The SMILES string of the molecule is COC1=C(OCc2ccccc2)C(OCc2ccccc2)(OCc2ccccc2)C(Br)C(CO)=C1c1c(CO)ccc(OCc2ccccc2)c1OC. The van der Waals surface area contributed by atoms with Crippen LogP contribution >= 0.6 is 15.9 Å². The minimum atomic E-state index is -1.65. The first-order valence-corrected chi connectivity index (χ1v) is 18.2. The van der Waals surface area contributed by atoms with Crippen LogP contribution in [0.25, 0.3) is 5.57 Å². The predicted octanol–water partition coefficient (Wildman–Crippen LogP) is 8.49. The van der Waals surface area contributed by atoms with Gasteiger partial charge in [-0.2, -0.15) is 0 Å². The Morgan fingerprint density at radius 1 is 0.566 bits per heavy atom. The average Bonchev–Trinajstić information content (AvgIpc) is 3.22. The van der Waals surface area contributed by atoms with E-state index in [1.807, 2.05) is 121 Å². The van der Waals surface area contributed by atoms with Crippen LogP contribution in [0.15, 0.2) is 151 Å². The quantitative estimate of drug-likeness (QED) is 0.0717. The van der Waals surface area contributed by atoms with E-state index in [1.54, 1.807) is 19.2 Å². The van der Waals surface area contributed by atoms with E-state index in [1.165, 1.54) is 7.11 Å². The molecule has 0 aliphatic heterocycles. The van der Waals surface area contributed by atoms with Gasteiger partial charge in [0.2, 0.25) is 11.5 Å². The van der Waals surface area contributed by atoms with Crippen LogP contribution in [0.5, 0.6) is 11.5 Å². The molecule has 1 atom stereocenters. The molecule has 5 aromatic rings. The molecule has 0 bridgehead atoms. The van der Waals surface area contributed by atoms with Crippen molar-refractivity contribution < 1.29 is 38.6 Å². The van der Waals surface area contributed by atoms with Crippen molar-refractivity contribution in [1.82, 2.24) is 0 Å². The summed E-state index contributed by atoms with van der Waals surface area (Å²) in [5.74, 6) is -0.366. The summed E-state index contributed by atoms with van der Waals surface area (Å²) >= 11 is 3.95. The molecular weight excluding hydrogens is 736 g/mol. The number of allylic oxidation sites excluding steroid dienone is 1. The van der Waals surface area contributed by atoms with Crippen molar-refractivity contribution >= 4 is 21.5 Å². The molecular formula is C44H43BrO8. The van der Waals surface area contributed by atoms with Crippen molar-refractivity contribution in [2.75, 3.05) is 20.8 Å². The summed E-state index contributed by atoms with van der Waals surface area (Å²) in [5.41, 5.74) is 5.61. The number of alkyl halides is 1. The Hall–Kier alpha value is -4.90. The standard InChI is InChI=1S/C44H43BrO8/c1-48-40-37(50-27-31-15-7-3-8-16-31)24-23-35(25-46)38(40)39-36(26-47)42(45)44(52-29-33-19-11-5-12-20-33,53-30-34-21-13-6-14-22-34)43(41(39)49-2)51-28-32-17-9-4-10-18-32/h3-24,42,46-47H,25-30H2,1-2H3. The zero-order valence-electron chi connectivity index (χ0n) is 29.7. The third-order valence-electron chi connectivity index (χ3n) is 8.97. The van der Waals surface area contributed by atoms with E-state index >= 15 is 0 Å². The van der Waals surface area contributed by atoms with E-state index in [0.717, 1.165) is 22.3 Å². The van der Waals surface area contributed by atoms with Gasteiger partial charge >= 0.3 is 0 Å². The van der Waals surface area contributed by atoms with Crippen molar-refractivity contribution in [2.24, 2.45) is 0 Å². The molecule has 6 rings (SSSR count). The lowest BCUT2D eigenvalue weighted by Gasteiger charge is -2.44. The predicted molar refractivity (Wildman–Crippen MR) is 207 cm³/mol. The second kappa shape index (κ2) is 18.2. The minimum absolute atomic E-state index is 0.148. The molecule has 8 nitrogen and oxygen atoms in total. The van der Waals surface area contributed by atoms with E-state index in [9.17, 15) is 10.2 Å². The van der Waals surface area contributed by atoms with Crippen molar-refractivity contribution in [1.29, 1.82) is 0 Å². The number of hydrogen-bond acceptors (Lipinski definition) is 8. The maximum Gasteiger partial charge on any atom is 0.249 e. The van der Waals surface area contributed by atoms with Gasteiger partial charge in [-0.3, -0.25) is 0 Å². The topological polar surface area (TPSA) is 95.8 Å². The van der Waals surface area contributed by atoms with Gasteiger partial charge in [-0.15, -0.1) is 0 Å². The molecule has 0 fully saturated rings. The van der Waals surface area contributed by atoms with Crippen LogP contribution in [-0.2, 0) is 52.0 Å². The van der Waals surface area contributed by atoms with Crippen molar-refractivity contribution in [3.05, 3.63) is 184 Å². The number of benzene rings is 5. The first-order chi connectivity index (χ1) is 26.0. The monoisotopic (exact) mass is 778 g/mol. The lowest BCUT2D eigenvalue weighted by atomic mass is 9.84. The summed E-state index contributed by atoms with van der Waals surface area (Å²) in [5, 5.41) is 22.1. The summed E-state index contributed by atoms with van der Waals surface area (Å²) in [6, 6.07) is 42.6. The van der Waals surface area contributed by atoms with Gasteiger partial charge in [-0.1, -0.05) is 143 Å². The molecule has 0 saturated carbocycles.